The van der Waals surface area contributed by atoms with Gasteiger partial charge in [-0.05, 0) is 0 Å². The summed E-state index contributed by atoms with van der Waals surface area (Å²) < 4.78 is 2.39. The molecule has 0 spiro atoms. The van der Waals surface area contributed by atoms with Crippen LogP contribution in [-0.2, 0) is 20.7 Å². The average molecular weight is 205 g/mol. The Kier molecular flexibility index (Phi) is 10.5. The Hall–Kier alpha value is 1.25. The monoisotopic (exact) mass is 204 g/mol. The molecule has 1 rings (SSSR count). The Morgan fingerprint density at radius 3 is 1.56 bits per heavy atom. The van der Waals surface area contributed by atoms with Crippen molar-refractivity contribution in [1.29, 1.82) is 0 Å². The van der Waals surface area contributed by atoms with E-state index < -0.39 is 0 Å². The van der Waals surface area contributed by atoms with Crippen molar-refractivity contribution in [2.75, 3.05) is 13.1 Å². The fraction of sp³-hybridized carbons (Fsp3) is 1.00. The van der Waals surface area contributed by atoms with Gasteiger partial charge in [-0.1, -0.05) is 0 Å². The van der Waals surface area contributed by atoms with E-state index in [2.05, 4.69) is 24.1 Å². The van der Waals surface area contributed by atoms with Crippen molar-refractivity contribution < 1.29 is 20.7 Å². The summed E-state index contributed by atoms with van der Waals surface area (Å²) in [6.07, 6.45) is 4.28. The maximum absolute atomic E-state index is 2.39. The predicted octanol–water partition coefficient (Wildman–Crippen LogP) is 1.78. The standard InChI is InChI=1S/C5H10N.2ClH.Ti/c1-2-4-6-5-3-1;;;/h1-5H2;2*1H;/q-1;;;+1. The Morgan fingerprint density at radius 1 is 0.889 bits per heavy atom. The van der Waals surface area contributed by atoms with Crippen molar-refractivity contribution in [2.24, 2.45) is 0 Å². The number of piperidine rings is 1. The molecule has 0 bridgehead atoms. The number of rotatable bonds is 0. The average Bonchev–Trinajstić information content (AvgIpc) is 1.69. The molecule has 9 heavy (non-hydrogen) atoms. The molecular weight excluding hydrogens is 193 g/mol. The first-order valence-electron chi connectivity index (χ1n) is 2.86. The molecule has 1 aliphatic rings. The van der Waals surface area contributed by atoms with E-state index in [-0.39, 0.29) is 24.8 Å². The summed E-state index contributed by atoms with van der Waals surface area (Å²) in [5.74, 6) is 0. The van der Waals surface area contributed by atoms with E-state index in [1.165, 1.54) is 32.4 Å². The van der Waals surface area contributed by atoms with E-state index in [1.807, 2.05) is 0 Å². The number of halogens is 2. The molecule has 0 aromatic heterocycles. The second-order valence-corrected chi connectivity index (χ2v) is 3.04. The SMILES string of the molecule is Cl.Cl.[Ti][N]1CCCCC1. The van der Waals surface area contributed by atoms with E-state index in [1.54, 1.807) is 0 Å². The fourth-order valence-corrected chi connectivity index (χ4v) is 1.39. The molecule has 0 atom stereocenters. The Bertz CT molecular complexity index is 56.9. The van der Waals surface area contributed by atoms with Crippen molar-refractivity contribution in [3.63, 3.8) is 0 Å². The molecule has 0 amide bonds. The van der Waals surface area contributed by atoms with Crippen molar-refractivity contribution in [2.45, 2.75) is 19.3 Å². The van der Waals surface area contributed by atoms with Gasteiger partial charge >= 0.3 is 56.4 Å². The van der Waals surface area contributed by atoms with Gasteiger partial charge in [0.25, 0.3) is 0 Å². The van der Waals surface area contributed by atoms with Gasteiger partial charge in [0, 0.05) is 0 Å². The third-order valence-electron chi connectivity index (χ3n) is 1.36. The molecule has 1 saturated heterocycles. The first kappa shape index (κ1) is 12.9. The first-order valence-corrected chi connectivity index (χ1v) is 3.55. The Labute approximate surface area is 81.1 Å². The zero-order valence-electron chi connectivity index (χ0n) is 5.30. The van der Waals surface area contributed by atoms with E-state index in [9.17, 15) is 0 Å². The molecule has 0 aromatic carbocycles. The second kappa shape index (κ2) is 7.36. The first-order chi connectivity index (χ1) is 3.39. The van der Waals surface area contributed by atoms with Crippen LogP contribution in [0, 0.1) is 0 Å². The van der Waals surface area contributed by atoms with Crippen LogP contribution in [0.25, 0.3) is 0 Å². The van der Waals surface area contributed by atoms with Crippen LogP contribution in [-0.4, -0.2) is 16.5 Å². The van der Waals surface area contributed by atoms with E-state index >= 15 is 0 Å². The van der Waals surface area contributed by atoms with Crippen molar-refractivity contribution in [1.82, 2.24) is 3.38 Å². The molecule has 0 N–H and O–H groups in total. The summed E-state index contributed by atoms with van der Waals surface area (Å²) >= 11 is 2.19. The van der Waals surface area contributed by atoms with Gasteiger partial charge in [0.1, 0.15) is 0 Å². The number of hydrogen-bond acceptors (Lipinski definition) is 1. The molecule has 1 heterocycles. The minimum absolute atomic E-state index is 0. The maximum atomic E-state index is 2.39. The molecule has 0 saturated carbocycles. The third-order valence-corrected chi connectivity index (χ3v) is 2.05. The molecule has 0 aliphatic carbocycles. The van der Waals surface area contributed by atoms with Gasteiger partial charge < -0.3 is 0 Å². The van der Waals surface area contributed by atoms with Gasteiger partial charge in [0.15, 0.2) is 0 Å². The molecule has 0 aromatic rings. The summed E-state index contributed by atoms with van der Waals surface area (Å²) in [6, 6.07) is 0. The van der Waals surface area contributed by atoms with E-state index in [4.69, 9.17) is 0 Å². The molecule has 4 heteroatoms. The molecular formula is C5H12Cl2NTi. The van der Waals surface area contributed by atoms with Crippen LogP contribution in [0.5, 0.6) is 0 Å². The van der Waals surface area contributed by atoms with Crippen LogP contribution in [0.2, 0.25) is 0 Å². The molecule has 1 fully saturated rings. The summed E-state index contributed by atoms with van der Waals surface area (Å²) in [6.45, 7) is 2.64. The van der Waals surface area contributed by atoms with E-state index in [0.717, 1.165) is 0 Å². The van der Waals surface area contributed by atoms with Gasteiger partial charge in [0.2, 0.25) is 0 Å². The zero-order chi connectivity index (χ0) is 5.11. The quantitative estimate of drug-likeness (QED) is 0.544. The fourth-order valence-electron chi connectivity index (χ4n) is 0.894. The number of nitrogens with zero attached hydrogens (tertiary/aromatic N) is 1. The van der Waals surface area contributed by atoms with Crippen molar-refractivity contribution in [3.05, 3.63) is 0 Å². The normalized spacial score (nSPS) is 19.4. The molecule has 1 nitrogen and oxygen atoms in total. The minimum atomic E-state index is 0. The molecule has 0 unspecified atom stereocenters. The molecule has 1 aliphatic heterocycles. The van der Waals surface area contributed by atoms with Crippen LogP contribution in [0.3, 0.4) is 0 Å². The van der Waals surface area contributed by atoms with Crippen LogP contribution in [0.15, 0.2) is 0 Å². The van der Waals surface area contributed by atoms with Crippen molar-refractivity contribution in [3.8, 4) is 0 Å². The predicted molar refractivity (Wildman–Crippen MR) is 39.9 cm³/mol. The number of hydrogen-bond donors (Lipinski definition) is 0. The summed E-state index contributed by atoms with van der Waals surface area (Å²) in [4.78, 5) is 0. The molecule has 55 valence electrons. The van der Waals surface area contributed by atoms with Gasteiger partial charge in [0.05, 0.1) is 0 Å². The van der Waals surface area contributed by atoms with Crippen molar-refractivity contribution >= 4 is 24.8 Å². The summed E-state index contributed by atoms with van der Waals surface area (Å²) in [5.41, 5.74) is 0. The zero-order valence-corrected chi connectivity index (χ0v) is 8.49. The van der Waals surface area contributed by atoms with Crippen LogP contribution >= 0.6 is 24.8 Å². The van der Waals surface area contributed by atoms with Gasteiger partial charge in [-0.3, -0.25) is 0 Å². The Balaban J connectivity index is 0. The molecule has 0 radical (unpaired) electrons. The van der Waals surface area contributed by atoms with Gasteiger partial charge in [-0.2, -0.15) is 0 Å². The van der Waals surface area contributed by atoms with Crippen LogP contribution in [0.4, 0.5) is 0 Å². The second-order valence-electron chi connectivity index (χ2n) is 2.05. The summed E-state index contributed by atoms with van der Waals surface area (Å²) in [5, 5.41) is 0. The van der Waals surface area contributed by atoms with Crippen LogP contribution in [0.1, 0.15) is 19.3 Å². The summed E-state index contributed by atoms with van der Waals surface area (Å²) in [7, 11) is 0. The Morgan fingerprint density at radius 2 is 1.33 bits per heavy atom. The van der Waals surface area contributed by atoms with Gasteiger partial charge in [-0.15, -0.1) is 24.8 Å². The topological polar surface area (TPSA) is 3.24 Å². The van der Waals surface area contributed by atoms with Crippen LogP contribution < -0.4 is 0 Å². The third kappa shape index (κ3) is 5.69. The van der Waals surface area contributed by atoms with E-state index in [0.29, 0.717) is 0 Å². The van der Waals surface area contributed by atoms with Gasteiger partial charge in [-0.25, -0.2) is 0 Å².